The van der Waals surface area contributed by atoms with Gasteiger partial charge in [-0.3, -0.25) is 24.4 Å². The fourth-order valence-electron chi connectivity index (χ4n) is 1.75. The molecule has 0 fully saturated rings. The number of Topliss-reactive ketones (excluding diaryl/α,β-unsaturated/α-hetero) is 2. The van der Waals surface area contributed by atoms with E-state index >= 15 is 0 Å². The van der Waals surface area contributed by atoms with Crippen LogP contribution in [0.1, 0.15) is 20.7 Å². The van der Waals surface area contributed by atoms with Gasteiger partial charge >= 0.3 is 11.8 Å². The number of nitrogens with one attached hydrogen (secondary N) is 1. The molecule has 1 aromatic rings. The maximum atomic E-state index is 11.9. The molecular formula is C11H9N3O5. The van der Waals surface area contributed by atoms with Crippen LogP contribution < -0.4 is 11.2 Å². The lowest BCUT2D eigenvalue weighted by Gasteiger charge is -2.17. The second kappa shape index (κ2) is 4.59. The zero-order chi connectivity index (χ0) is 14.2. The number of nitrogens with two attached hydrogens (primary N) is 1. The summed E-state index contributed by atoms with van der Waals surface area (Å²) in [5, 5.41) is 8.98. The number of hydroxylamine groups is 1. The Morgan fingerprint density at radius 1 is 1.16 bits per heavy atom. The second-order valence-electron chi connectivity index (χ2n) is 3.82. The monoisotopic (exact) mass is 263 g/mol. The first kappa shape index (κ1) is 12.9. The number of fused-ring (bicyclic) bond motifs is 1. The van der Waals surface area contributed by atoms with Crippen LogP contribution in [0.5, 0.6) is 0 Å². The van der Waals surface area contributed by atoms with Crippen LogP contribution in [0, 0.1) is 0 Å². The Hall–Kier alpha value is -2.58. The number of rotatable bonds is 2. The minimum absolute atomic E-state index is 0.185. The number of carbonyl (C=O) groups is 4. The van der Waals surface area contributed by atoms with Gasteiger partial charge in [-0.25, -0.2) is 0 Å². The third-order valence-electron chi connectivity index (χ3n) is 2.64. The summed E-state index contributed by atoms with van der Waals surface area (Å²) in [6.45, 7) is 0. The van der Waals surface area contributed by atoms with Crippen molar-refractivity contribution in [1.29, 1.82) is 0 Å². The third kappa shape index (κ3) is 2.09. The quantitative estimate of drug-likeness (QED) is 0.261. The van der Waals surface area contributed by atoms with E-state index in [4.69, 9.17) is 0 Å². The lowest BCUT2D eigenvalue weighted by Crippen LogP contribution is -2.53. The van der Waals surface area contributed by atoms with Gasteiger partial charge in [-0.05, 0) is 0 Å². The Morgan fingerprint density at radius 3 is 2.05 bits per heavy atom. The molecule has 0 unspecified atom stereocenters. The largest absolute Gasteiger partial charge is 0.361 e. The highest BCUT2D eigenvalue weighted by molar-refractivity contribution is 6.34. The highest BCUT2D eigenvalue weighted by Crippen LogP contribution is 2.21. The van der Waals surface area contributed by atoms with Crippen LogP contribution in [0.4, 0.5) is 0 Å². The van der Waals surface area contributed by atoms with E-state index in [1.807, 2.05) is 5.43 Å². The van der Waals surface area contributed by atoms with Gasteiger partial charge < -0.3 is 5.73 Å². The van der Waals surface area contributed by atoms with Crippen LogP contribution in [-0.4, -0.2) is 39.8 Å². The smallest absolute Gasteiger partial charge is 0.350 e. The number of nitrogens with zero attached hydrogens (tertiary/aromatic N) is 1. The van der Waals surface area contributed by atoms with E-state index in [2.05, 4.69) is 5.73 Å². The molecule has 98 valence electrons. The van der Waals surface area contributed by atoms with Crippen molar-refractivity contribution in [3.05, 3.63) is 35.4 Å². The highest BCUT2D eigenvalue weighted by Gasteiger charge is 2.40. The standard InChI is InChI=1S/C11H9N3O5/c12-10(17)11(18)14(19)13-7-8(15)5-3-1-2-4-6(5)9(7)16/h1-4,7,13,19H,(H2,12,17). The maximum absolute atomic E-state index is 11.9. The van der Waals surface area contributed by atoms with Crippen LogP contribution >= 0.6 is 0 Å². The van der Waals surface area contributed by atoms with Gasteiger partial charge in [-0.1, -0.05) is 24.3 Å². The molecule has 1 aliphatic rings. The first-order chi connectivity index (χ1) is 8.93. The number of hydrogen-bond donors (Lipinski definition) is 3. The summed E-state index contributed by atoms with van der Waals surface area (Å²) >= 11 is 0. The van der Waals surface area contributed by atoms with Crippen molar-refractivity contribution in [2.24, 2.45) is 5.73 Å². The average Bonchev–Trinajstić information content (AvgIpc) is 2.63. The summed E-state index contributed by atoms with van der Waals surface area (Å²) < 4.78 is 0. The van der Waals surface area contributed by atoms with Crippen molar-refractivity contribution in [1.82, 2.24) is 10.6 Å². The van der Waals surface area contributed by atoms with Crippen molar-refractivity contribution < 1.29 is 24.4 Å². The fraction of sp³-hybridized carbons (Fsp3) is 0.0909. The Morgan fingerprint density at radius 2 is 1.63 bits per heavy atom. The molecule has 1 aromatic carbocycles. The fourth-order valence-corrected chi connectivity index (χ4v) is 1.75. The molecule has 0 spiro atoms. The van der Waals surface area contributed by atoms with E-state index in [1.165, 1.54) is 12.1 Å². The molecule has 2 rings (SSSR count). The molecule has 8 nitrogen and oxygen atoms in total. The summed E-state index contributed by atoms with van der Waals surface area (Å²) in [5.41, 5.74) is 6.98. The Labute approximate surface area is 106 Å². The minimum atomic E-state index is -1.48. The molecule has 0 saturated carbocycles. The number of benzene rings is 1. The molecule has 0 heterocycles. The molecule has 1 aliphatic carbocycles. The van der Waals surface area contributed by atoms with Crippen LogP contribution in [0.2, 0.25) is 0 Å². The predicted molar refractivity (Wildman–Crippen MR) is 59.9 cm³/mol. The predicted octanol–water partition coefficient (Wildman–Crippen LogP) is -1.36. The molecule has 0 atom stereocenters. The molecule has 19 heavy (non-hydrogen) atoms. The zero-order valence-electron chi connectivity index (χ0n) is 9.49. The molecule has 0 radical (unpaired) electrons. The summed E-state index contributed by atoms with van der Waals surface area (Å²) in [7, 11) is 0. The van der Waals surface area contributed by atoms with Crippen molar-refractivity contribution >= 4 is 23.4 Å². The van der Waals surface area contributed by atoms with Crippen LogP contribution in [0.3, 0.4) is 0 Å². The maximum Gasteiger partial charge on any atom is 0.350 e. The van der Waals surface area contributed by atoms with E-state index < -0.39 is 29.4 Å². The van der Waals surface area contributed by atoms with E-state index in [1.54, 1.807) is 12.1 Å². The SMILES string of the molecule is NC(=O)C(=O)N(O)NC1C(=O)c2ccccc2C1=O. The molecular weight excluding hydrogens is 254 g/mol. The Balaban J connectivity index is 2.21. The first-order valence-corrected chi connectivity index (χ1v) is 5.20. The molecule has 0 aliphatic heterocycles. The summed E-state index contributed by atoms with van der Waals surface area (Å²) in [5.74, 6) is -4.10. The number of carbonyl (C=O) groups excluding carboxylic acids is 4. The number of ketones is 2. The molecule has 0 aromatic heterocycles. The average molecular weight is 263 g/mol. The topological polar surface area (TPSA) is 130 Å². The van der Waals surface area contributed by atoms with Gasteiger partial charge in [0.1, 0.15) is 0 Å². The molecule has 0 bridgehead atoms. The number of hydrogen-bond acceptors (Lipinski definition) is 6. The highest BCUT2D eigenvalue weighted by atomic mass is 16.6. The third-order valence-corrected chi connectivity index (χ3v) is 2.64. The first-order valence-electron chi connectivity index (χ1n) is 5.20. The van der Waals surface area contributed by atoms with Gasteiger partial charge in [-0.2, -0.15) is 5.43 Å². The van der Waals surface area contributed by atoms with Crippen molar-refractivity contribution in [2.45, 2.75) is 6.04 Å². The summed E-state index contributed by atoms with van der Waals surface area (Å²) in [4.78, 5) is 45.4. The molecule has 8 heteroatoms. The van der Waals surface area contributed by atoms with Crippen LogP contribution in [-0.2, 0) is 9.59 Å². The van der Waals surface area contributed by atoms with Gasteiger partial charge in [0.05, 0.1) is 0 Å². The van der Waals surface area contributed by atoms with E-state index in [9.17, 15) is 24.4 Å². The van der Waals surface area contributed by atoms with E-state index in [0.29, 0.717) is 0 Å². The molecule has 2 amide bonds. The Kier molecular flexibility index (Phi) is 3.11. The number of primary amides is 1. The van der Waals surface area contributed by atoms with Crippen molar-refractivity contribution in [3.8, 4) is 0 Å². The van der Waals surface area contributed by atoms with E-state index in [-0.39, 0.29) is 16.3 Å². The van der Waals surface area contributed by atoms with Gasteiger partial charge in [0.25, 0.3) is 0 Å². The van der Waals surface area contributed by atoms with Gasteiger partial charge in [-0.15, -0.1) is 5.17 Å². The van der Waals surface area contributed by atoms with Crippen LogP contribution in [0.15, 0.2) is 24.3 Å². The Bertz CT molecular complexity index is 563. The lowest BCUT2D eigenvalue weighted by molar-refractivity contribution is -0.182. The van der Waals surface area contributed by atoms with E-state index in [0.717, 1.165) is 0 Å². The molecule has 4 N–H and O–H groups in total. The van der Waals surface area contributed by atoms with Gasteiger partial charge in [0.2, 0.25) is 0 Å². The number of hydrazine groups is 1. The van der Waals surface area contributed by atoms with Crippen molar-refractivity contribution in [3.63, 3.8) is 0 Å². The minimum Gasteiger partial charge on any atom is -0.361 e. The van der Waals surface area contributed by atoms with Crippen molar-refractivity contribution in [2.75, 3.05) is 0 Å². The van der Waals surface area contributed by atoms with Gasteiger partial charge in [0.15, 0.2) is 17.6 Å². The second-order valence-corrected chi connectivity index (χ2v) is 3.82. The number of amides is 2. The lowest BCUT2D eigenvalue weighted by atomic mass is 10.1. The zero-order valence-corrected chi connectivity index (χ0v) is 9.49. The summed E-state index contributed by atoms with van der Waals surface area (Å²) in [6.07, 6.45) is 0. The molecule has 0 saturated heterocycles. The summed E-state index contributed by atoms with van der Waals surface area (Å²) in [6, 6.07) is 4.62. The normalized spacial score (nSPS) is 14.4. The van der Waals surface area contributed by atoms with Crippen LogP contribution in [0.25, 0.3) is 0 Å². The van der Waals surface area contributed by atoms with Gasteiger partial charge in [0, 0.05) is 11.1 Å².